The number of ether oxygens (including phenoxy) is 1. The number of hydrogen-bond acceptors (Lipinski definition) is 5. The number of carbonyl (C=O) groups excluding carboxylic acids is 2. The second-order valence-electron chi connectivity index (χ2n) is 8.82. The predicted molar refractivity (Wildman–Crippen MR) is 109 cm³/mol. The monoisotopic (exact) mass is 413 g/mol. The third-order valence-corrected chi connectivity index (χ3v) is 9.14. The third kappa shape index (κ3) is 6.39. The van der Waals surface area contributed by atoms with Crippen molar-refractivity contribution < 1.29 is 22.7 Å². The highest BCUT2D eigenvalue weighted by atomic mass is 32.2. The number of esters is 1. The Labute approximate surface area is 163 Å². The molecule has 8 heteroatoms. The summed E-state index contributed by atoms with van der Waals surface area (Å²) in [6, 6.07) is 0.598. The minimum atomic E-state index is -3.32. The first-order valence-corrected chi connectivity index (χ1v) is 14.8. The molecule has 0 unspecified atom stereocenters. The average molecular weight is 414 g/mol. The van der Waals surface area contributed by atoms with E-state index in [4.69, 9.17) is 4.74 Å². The molecule has 152 valence electrons. The van der Waals surface area contributed by atoms with Gasteiger partial charge in [-0.25, -0.2) is 8.42 Å². The summed E-state index contributed by atoms with van der Waals surface area (Å²) in [4.78, 5) is 22.8. The molecule has 0 amide bonds. The molecule has 2 aliphatic rings. The molecule has 27 heavy (non-hydrogen) atoms. The van der Waals surface area contributed by atoms with Crippen molar-refractivity contribution in [2.24, 2.45) is 5.41 Å². The van der Waals surface area contributed by atoms with Crippen LogP contribution in [0.25, 0.3) is 0 Å². The van der Waals surface area contributed by atoms with Gasteiger partial charge in [0.1, 0.15) is 6.61 Å². The van der Waals surface area contributed by atoms with Crippen molar-refractivity contribution in [1.82, 2.24) is 4.31 Å². The first-order valence-electron chi connectivity index (χ1n) is 9.48. The number of ketones is 1. The Bertz CT molecular complexity index is 720. The molecule has 0 bridgehead atoms. The van der Waals surface area contributed by atoms with Crippen molar-refractivity contribution in [3.8, 4) is 0 Å². The van der Waals surface area contributed by atoms with E-state index in [1.807, 2.05) is 0 Å². The topological polar surface area (TPSA) is 80.8 Å². The fraction of sp³-hybridized carbons (Fsp3) is 0.684. The van der Waals surface area contributed by atoms with Gasteiger partial charge in [0.15, 0.2) is 5.78 Å². The van der Waals surface area contributed by atoms with Gasteiger partial charge in [0.05, 0.1) is 5.75 Å². The van der Waals surface area contributed by atoms with Crippen LogP contribution in [0.4, 0.5) is 0 Å². The number of carbonyl (C=O) groups is 2. The van der Waals surface area contributed by atoms with Crippen molar-refractivity contribution in [1.29, 1.82) is 0 Å². The summed E-state index contributed by atoms with van der Waals surface area (Å²) in [6.45, 7) is 8.51. The Morgan fingerprint density at radius 1 is 1.30 bits per heavy atom. The molecule has 0 saturated carbocycles. The number of sulfonamides is 1. The summed E-state index contributed by atoms with van der Waals surface area (Å²) in [5.74, 6) is -0.307. The number of nitrogens with zero attached hydrogens (tertiary/aromatic N) is 1. The molecule has 0 aromatic carbocycles. The molecule has 0 aromatic heterocycles. The zero-order chi connectivity index (χ0) is 20.3. The number of hydrogen-bond donors (Lipinski definition) is 0. The van der Waals surface area contributed by atoms with Crippen LogP contribution in [-0.4, -0.2) is 57.5 Å². The molecule has 1 atom stereocenters. The highest BCUT2D eigenvalue weighted by Gasteiger charge is 2.40. The standard InChI is InChI=1S/C19H31NO5SSi/c1-16(21)25-15-19(9-7-18(22)8-10-19)14-17-6-5-11-20(17)26(23,24)12-13-27(2,3)4/h7-10,17H,5-6,11-15H2,1-4H3/t17-/m0/s1. The first-order chi connectivity index (χ1) is 12.4. The maximum Gasteiger partial charge on any atom is 0.302 e. The molecule has 0 spiro atoms. The summed E-state index contributed by atoms with van der Waals surface area (Å²) in [5, 5.41) is 0. The van der Waals surface area contributed by atoms with Crippen LogP contribution in [0.2, 0.25) is 25.7 Å². The Balaban J connectivity index is 2.16. The average Bonchev–Trinajstić information content (AvgIpc) is 3.02. The van der Waals surface area contributed by atoms with Gasteiger partial charge < -0.3 is 4.74 Å². The number of allylic oxidation sites excluding steroid dienone is 2. The van der Waals surface area contributed by atoms with E-state index in [0.29, 0.717) is 13.0 Å². The third-order valence-electron chi connectivity index (χ3n) is 5.11. The van der Waals surface area contributed by atoms with Crippen molar-refractivity contribution in [2.45, 2.75) is 57.9 Å². The lowest BCUT2D eigenvalue weighted by Gasteiger charge is -2.34. The Kier molecular flexibility index (Phi) is 6.86. The van der Waals surface area contributed by atoms with Crippen LogP contribution in [0.5, 0.6) is 0 Å². The SMILES string of the molecule is CC(=O)OCC1(C[C@@H]2CCCN2S(=O)(=O)CC[Si](C)(C)C)C=CC(=O)C=C1. The molecule has 6 nitrogen and oxygen atoms in total. The van der Waals surface area contributed by atoms with E-state index in [1.54, 1.807) is 16.5 Å². The van der Waals surface area contributed by atoms with Gasteiger partial charge in [-0.05, 0) is 37.5 Å². The highest BCUT2D eigenvalue weighted by Crippen LogP contribution is 2.37. The fourth-order valence-corrected chi connectivity index (χ4v) is 8.26. The molecule has 0 N–H and O–H groups in total. The lowest BCUT2D eigenvalue weighted by Crippen LogP contribution is -2.42. The van der Waals surface area contributed by atoms with E-state index in [1.165, 1.54) is 19.1 Å². The molecule has 0 radical (unpaired) electrons. The Morgan fingerprint density at radius 2 is 1.93 bits per heavy atom. The van der Waals surface area contributed by atoms with Crippen LogP contribution in [-0.2, 0) is 24.3 Å². The van der Waals surface area contributed by atoms with Crippen LogP contribution in [0.15, 0.2) is 24.3 Å². The molecule has 1 aliphatic carbocycles. The predicted octanol–water partition coefficient (Wildman–Crippen LogP) is 2.75. The summed E-state index contributed by atoms with van der Waals surface area (Å²) in [7, 11) is -4.77. The maximum atomic E-state index is 12.9. The molecule has 1 aliphatic heterocycles. The van der Waals surface area contributed by atoms with Gasteiger partial charge in [0.2, 0.25) is 10.0 Å². The molecule has 1 saturated heterocycles. The Morgan fingerprint density at radius 3 is 2.48 bits per heavy atom. The van der Waals surface area contributed by atoms with Gasteiger partial charge in [-0.1, -0.05) is 31.8 Å². The van der Waals surface area contributed by atoms with Crippen LogP contribution in [0.1, 0.15) is 26.2 Å². The fourth-order valence-electron chi connectivity index (χ4n) is 3.51. The lowest BCUT2D eigenvalue weighted by molar-refractivity contribution is -0.143. The molecule has 0 aromatic rings. The molecule has 2 rings (SSSR count). The summed E-state index contributed by atoms with van der Waals surface area (Å²) in [5.41, 5.74) is -0.638. The number of rotatable bonds is 8. The zero-order valence-electron chi connectivity index (χ0n) is 16.7. The quantitative estimate of drug-likeness (QED) is 0.451. The Hall–Kier alpha value is -1.25. The van der Waals surface area contributed by atoms with Crippen LogP contribution in [0.3, 0.4) is 0 Å². The van der Waals surface area contributed by atoms with E-state index in [9.17, 15) is 18.0 Å². The normalized spacial score (nSPS) is 23.0. The van der Waals surface area contributed by atoms with Gasteiger partial charge >= 0.3 is 5.97 Å². The van der Waals surface area contributed by atoms with Gasteiger partial charge in [-0.3, -0.25) is 9.59 Å². The molecular weight excluding hydrogens is 382 g/mol. The first kappa shape index (κ1) is 22.0. The largest absolute Gasteiger partial charge is 0.465 e. The molecule has 1 fully saturated rings. The second kappa shape index (κ2) is 8.41. The van der Waals surface area contributed by atoms with Crippen LogP contribution < -0.4 is 0 Å². The maximum absolute atomic E-state index is 12.9. The lowest BCUT2D eigenvalue weighted by atomic mass is 9.78. The summed E-state index contributed by atoms with van der Waals surface area (Å²) in [6.07, 6.45) is 8.57. The smallest absolute Gasteiger partial charge is 0.302 e. The minimum Gasteiger partial charge on any atom is -0.465 e. The van der Waals surface area contributed by atoms with Gasteiger partial charge in [0, 0.05) is 33.0 Å². The van der Waals surface area contributed by atoms with Crippen molar-refractivity contribution in [2.75, 3.05) is 18.9 Å². The zero-order valence-corrected chi connectivity index (χ0v) is 18.5. The molecular formula is C19H31NO5SSi. The van der Waals surface area contributed by atoms with Crippen molar-refractivity contribution >= 4 is 29.8 Å². The van der Waals surface area contributed by atoms with Crippen LogP contribution in [0, 0.1) is 5.41 Å². The minimum absolute atomic E-state index is 0.112. The van der Waals surface area contributed by atoms with Crippen molar-refractivity contribution in [3.63, 3.8) is 0 Å². The van der Waals surface area contributed by atoms with E-state index in [-0.39, 0.29) is 30.2 Å². The summed E-state index contributed by atoms with van der Waals surface area (Å²) < 4.78 is 32.7. The van der Waals surface area contributed by atoms with Gasteiger partial charge in [-0.15, -0.1) is 0 Å². The molecule has 1 heterocycles. The van der Waals surface area contributed by atoms with Gasteiger partial charge in [0.25, 0.3) is 0 Å². The van der Waals surface area contributed by atoms with E-state index in [2.05, 4.69) is 19.6 Å². The van der Waals surface area contributed by atoms with E-state index >= 15 is 0 Å². The summed E-state index contributed by atoms with van der Waals surface area (Å²) >= 11 is 0. The second-order valence-corrected chi connectivity index (χ2v) is 16.5. The highest BCUT2D eigenvalue weighted by molar-refractivity contribution is 7.89. The van der Waals surface area contributed by atoms with Crippen molar-refractivity contribution in [3.05, 3.63) is 24.3 Å². The van der Waals surface area contributed by atoms with E-state index < -0.39 is 23.5 Å². The van der Waals surface area contributed by atoms with E-state index in [0.717, 1.165) is 18.9 Å². The van der Waals surface area contributed by atoms with Crippen LogP contribution >= 0.6 is 0 Å². The van der Waals surface area contributed by atoms with Gasteiger partial charge in [-0.2, -0.15) is 4.31 Å².